The van der Waals surface area contributed by atoms with Crippen LogP contribution >= 0.6 is 0 Å². The van der Waals surface area contributed by atoms with Crippen LogP contribution in [0.5, 0.6) is 0 Å². The van der Waals surface area contributed by atoms with Crippen LogP contribution in [0.15, 0.2) is 30.5 Å². The Morgan fingerprint density at radius 2 is 1.69 bits per heavy atom. The molecule has 2 aromatic rings. The van der Waals surface area contributed by atoms with E-state index in [1.807, 2.05) is 20.9 Å². The molecule has 1 aliphatic heterocycles. The number of hydrogen-bond acceptors (Lipinski definition) is 6. The smallest absolute Gasteiger partial charge is 0.270 e. The Bertz CT molecular complexity index is 1450. The Morgan fingerprint density at radius 3 is 2.29 bits per heavy atom. The highest BCUT2D eigenvalue weighted by molar-refractivity contribution is 6.03. The summed E-state index contributed by atoms with van der Waals surface area (Å²) in [6.45, 7) is 14.4. The quantitative estimate of drug-likeness (QED) is 0.308. The fourth-order valence-corrected chi connectivity index (χ4v) is 6.97. The minimum atomic E-state index is -1.35. The molecule has 11 nitrogen and oxygen atoms in total. The predicted octanol–water partition coefficient (Wildman–Crippen LogP) is 4.40. The van der Waals surface area contributed by atoms with Crippen molar-refractivity contribution in [1.29, 1.82) is 0 Å². The van der Waals surface area contributed by atoms with Gasteiger partial charge in [-0.05, 0) is 75.3 Å². The maximum Gasteiger partial charge on any atom is 0.270 e. The lowest BCUT2D eigenvalue weighted by molar-refractivity contribution is -0.138. The molecular formula is C36H54FN7O4. The molecule has 4 rings (SSSR count). The van der Waals surface area contributed by atoms with Crippen LogP contribution in [0.25, 0.3) is 0 Å². The van der Waals surface area contributed by atoms with E-state index in [1.165, 1.54) is 12.1 Å². The van der Waals surface area contributed by atoms with Crippen LogP contribution in [0, 0.1) is 23.6 Å². The van der Waals surface area contributed by atoms with Crippen molar-refractivity contribution in [1.82, 2.24) is 30.2 Å². The predicted molar refractivity (Wildman–Crippen MR) is 184 cm³/mol. The lowest BCUT2D eigenvalue weighted by Crippen LogP contribution is -2.60. The average molecular weight is 668 g/mol. The van der Waals surface area contributed by atoms with Gasteiger partial charge in [-0.1, -0.05) is 46.6 Å². The highest BCUT2D eigenvalue weighted by Gasteiger charge is 2.45. The largest absolute Gasteiger partial charge is 0.344 e. The Hall–Kier alpha value is -3.80. The first kappa shape index (κ1) is 37.0. The molecule has 0 spiro atoms. The summed E-state index contributed by atoms with van der Waals surface area (Å²) in [6.07, 6.45) is 5.75. The van der Waals surface area contributed by atoms with E-state index in [9.17, 15) is 19.2 Å². The van der Waals surface area contributed by atoms with Gasteiger partial charge in [0, 0.05) is 51.3 Å². The Balaban J connectivity index is 1.57. The minimum Gasteiger partial charge on any atom is -0.344 e. The van der Waals surface area contributed by atoms with E-state index < -0.39 is 35.1 Å². The zero-order valence-corrected chi connectivity index (χ0v) is 29.6. The molecule has 1 aliphatic carbocycles. The van der Waals surface area contributed by atoms with Crippen LogP contribution in [0.4, 0.5) is 10.1 Å². The number of carbonyl (C=O) groups is 4. The van der Waals surface area contributed by atoms with Gasteiger partial charge in [-0.15, -0.1) is 0 Å². The van der Waals surface area contributed by atoms with Crippen molar-refractivity contribution in [3.63, 3.8) is 0 Å². The van der Waals surface area contributed by atoms with Crippen molar-refractivity contribution in [2.45, 2.75) is 97.7 Å². The Kier molecular flexibility index (Phi) is 12.4. The molecule has 0 radical (unpaired) electrons. The number of hydrogen-bond donors (Lipinski definition) is 3. The SMILES string of the molecule is CCC(=O)N[C@@H](C(=O)N1CCN(C)CC1)[C@@H](C)c1ccc(NC(=O)C(C)(NC(=O)c2ccnn2CC)C(C)C2CCC(C)CC2)c(F)c1. The maximum absolute atomic E-state index is 15.8. The molecule has 2 aliphatic rings. The summed E-state index contributed by atoms with van der Waals surface area (Å²) < 4.78 is 17.4. The number of nitrogens with one attached hydrogen (secondary N) is 3. The number of amides is 4. The van der Waals surface area contributed by atoms with Crippen LogP contribution in [0.3, 0.4) is 0 Å². The second-order valence-electron chi connectivity index (χ2n) is 14.0. The van der Waals surface area contributed by atoms with Gasteiger partial charge in [0.25, 0.3) is 5.91 Å². The van der Waals surface area contributed by atoms with Crippen molar-refractivity contribution in [3.8, 4) is 0 Å². The van der Waals surface area contributed by atoms with Crippen molar-refractivity contribution in [2.75, 3.05) is 38.5 Å². The van der Waals surface area contributed by atoms with Gasteiger partial charge in [0.2, 0.25) is 17.7 Å². The lowest BCUT2D eigenvalue weighted by Gasteiger charge is -2.41. The first-order chi connectivity index (χ1) is 22.8. The third-order valence-corrected chi connectivity index (χ3v) is 10.8. The number of aryl methyl sites for hydroxylation is 1. The summed E-state index contributed by atoms with van der Waals surface area (Å²) in [7, 11) is 2.00. The standard InChI is InChI=1S/C36H54FN7O4/c1-8-31(45)40-32(34(47)43-20-18-42(7)19-21-43)24(4)27-14-15-29(28(37)22-27)39-35(48)36(6,25(5)26-12-10-23(3)11-13-26)41-33(46)30-16-17-38-44(30)9-2/h14-17,22-26,32H,8-13,18-21H2,1-7H3,(H,39,48)(H,40,45)(H,41,46)/t23?,24-,25?,26?,32+,36?/m0/s1. The minimum absolute atomic E-state index is 0.0287. The number of carbonyl (C=O) groups excluding carboxylic acids is 4. The van der Waals surface area contributed by atoms with Crippen molar-refractivity contribution >= 4 is 29.3 Å². The fraction of sp³-hybridized carbons (Fsp3) is 0.639. The van der Waals surface area contributed by atoms with Gasteiger partial charge in [0.15, 0.2) is 0 Å². The van der Waals surface area contributed by atoms with Gasteiger partial charge >= 0.3 is 0 Å². The number of anilines is 1. The second-order valence-corrected chi connectivity index (χ2v) is 14.0. The number of halogens is 1. The summed E-state index contributed by atoms with van der Waals surface area (Å²) in [6, 6.07) is 5.22. The average Bonchev–Trinajstić information content (AvgIpc) is 3.57. The zero-order valence-electron chi connectivity index (χ0n) is 29.6. The van der Waals surface area contributed by atoms with Gasteiger partial charge in [-0.2, -0.15) is 5.10 Å². The molecule has 4 atom stereocenters. The number of likely N-dealkylation sites (N-methyl/N-ethyl adjacent to an activating group) is 1. The van der Waals surface area contributed by atoms with E-state index in [0.717, 1.165) is 38.8 Å². The highest BCUT2D eigenvalue weighted by atomic mass is 19.1. The van der Waals surface area contributed by atoms with Crippen LogP contribution in [0.2, 0.25) is 0 Å². The van der Waals surface area contributed by atoms with Crippen LogP contribution in [-0.4, -0.2) is 88.0 Å². The van der Waals surface area contributed by atoms with Gasteiger partial charge < -0.3 is 25.8 Å². The normalized spacial score (nSPS) is 21.8. The Morgan fingerprint density at radius 1 is 1.02 bits per heavy atom. The monoisotopic (exact) mass is 667 g/mol. The van der Waals surface area contributed by atoms with Crippen LogP contribution < -0.4 is 16.0 Å². The topological polar surface area (TPSA) is 129 Å². The molecule has 2 heterocycles. The first-order valence-electron chi connectivity index (χ1n) is 17.5. The molecule has 0 bridgehead atoms. The maximum atomic E-state index is 15.8. The number of nitrogens with zero attached hydrogens (tertiary/aromatic N) is 4. The summed E-state index contributed by atoms with van der Waals surface area (Å²) >= 11 is 0. The van der Waals surface area contributed by atoms with Crippen molar-refractivity contribution in [3.05, 3.63) is 47.5 Å². The molecule has 4 amide bonds. The zero-order chi connectivity index (χ0) is 35.2. The van der Waals surface area contributed by atoms with Gasteiger partial charge in [0.1, 0.15) is 23.1 Å². The van der Waals surface area contributed by atoms with Crippen molar-refractivity contribution < 1.29 is 23.6 Å². The van der Waals surface area contributed by atoms with Gasteiger partial charge in [-0.25, -0.2) is 4.39 Å². The van der Waals surface area contributed by atoms with Gasteiger partial charge in [-0.3, -0.25) is 23.9 Å². The first-order valence-corrected chi connectivity index (χ1v) is 17.5. The van der Waals surface area contributed by atoms with E-state index >= 15 is 4.39 Å². The molecule has 1 saturated carbocycles. The summed E-state index contributed by atoms with van der Waals surface area (Å²) in [4.78, 5) is 57.6. The van der Waals surface area contributed by atoms with Crippen LogP contribution in [0.1, 0.15) is 95.6 Å². The number of piperazine rings is 1. The molecule has 48 heavy (non-hydrogen) atoms. The summed E-state index contributed by atoms with van der Waals surface area (Å²) in [5.74, 6) is -2.01. The van der Waals surface area contributed by atoms with Crippen LogP contribution in [-0.2, 0) is 20.9 Å². The molecule has 3 N–H and O–H groups in total. The molecule has 2 fully saturated rings. The number of rotatable bonds is 12. The number of benzene rings is 1. The molecular weight excluding hydrogens is 613 g/mol. The van der Waals surface area contributed by atoms with Gasteiger partial charge in [0.05, 0.1) is 5.69 Å². The lowest BCUT2D eigenvalue weighted by atomic mass is 9.69. The van der Waals surface area contributed by atoms with Crippen molar-refractivity contribution in [2.24, 2.45) is 17.8 Å². The summed E-state index contributed by atoms with van der Waals surface area (Å²) in [5.41, 5.74) is -0.517. The van der Waals surface area contributed by atoms with E-state index in [2.05, 4.69) is 32.9 Å². The van der Waals surface area contributed by atoms with E-state index in [4.69, 9.17) is 0 Å². The highest BCUT2D eigenvalue weighted by Crippen LogP contribution is 2.38. The molecule has 1 aromatic carbocycles. The molecule has 2 unspecified atom stereocenters. The molecule has 1 aromatic heterocycles. The van der Waals surface area contributed by atoms with E-state index in [1.54, 1.807) is 48.7 Å². The third kappa shape index (κ3) is 8.43. The second kappa shape index (κ2) is 16.1. The van der Waals surface area contributed by atoms with E-state index in [-0.39, 0.29) is 35.8 Å². The molecule has 264 valence electrons. The number of aromatic nitrogens is 2. The molecule has 1 saturated heterocycles. The van der Waals surface area contributed by atoms with E-state index in [0.29, 0.717) is 36.8 Å². The third-order valence-electron chi connectivity index (χ3n) is 10.8. The Labute approximate surface area is 284 Å². The fourth-order valence-electron chi connectivity index (χ4n) is 6.97. The summed E-state index contributed by atoms with van der Waals surface area (Å²) in [5, 5.41) is 12.9. The molecule has 12 heteroatoms.